The molecule has 18 heavy (non-hydrogen) atoms. The topological polar surface area (TPSA) is 78.4 Å². The summed E-state index contributed by atoms with van der Waals surface area (Å²) in [5.74, 6) is -1.45. The van der Waals surface area contributed by atoms with E-state index in [1.54, 1.807) is 6.92 Å². The zero-order valence-electron chi connectivity index (χ0n) is 10.9. The molecule has 0 saturated heterocycles. The summed E-state index contributed by atoms with van der Waals surface area (Å²) in [6.07, 6.45) is 6.47. The summed E-state index contributed by atoms with van der Waals surface area (Å²) in [4.78, 5) is 22.2. The maximum absolute atomic E-state index is 11.6. The Kier molecular flexibility index (Phi) is 6.32. The van der Waals surface area contributed by atoms with Crippen molar-refractivity contribution in [3.8, 4) is 0 Å². The van der Waals surface area contributed by atoms with E-state index in [1.807, 2.05) is 11.8 Å². The van der Waals surface area contributed by atoms with Gasteiger partial charge in [0.05, 0.1) is 5.92 Å². The lowest BCUT2D eigenvalue weighted by Crippen LogP contribution is -2.46. The van der Waals surface area contributed by atoms with E-state index < -0.39 is 11.9 Å². The zero-order valence-corrected chi connectivity index (χ0v) is 11.8. The Morgan fingerprint density at radius 3 is 2.78 bits per heavy atom. The van der Waals surface area contributed by atoms with Crippen LogP contribution in [0.3, 0.4) is 0 Å². The highest BCUT2D eigenvalue weighted by Crippen LogP contribution is 2.26. The zero-order chi connectivity index (χ0) is 13.5. The van der Waals surface area contributed by atoms with E-state index in [0.717, 1.165) is 19.3 Å². The van der Waals surface area contributed by atoms with E-state index in [1.165, 1.54) is 6.42 Å². The van der Waals surface area contributed by atoms with Crippen LogP contribution < -0.4 is 10.6 Å². The number of carboxylic acid groups (broad SMARTS) is 1. The van der Waals surface area contributed by atoms with Gasteiger partial charge in [-0.3, -0.25) is 4.79 Å². The first-order valence-electron chi connectivity index (χ1n) is 6.33. The van der Waals surface area contributed by atoms with E-state index in [0.29, 0.717) is 5.25 Å². The minimum atomic E-state index is -0.893. The molecule has 0 aliphatic heterocycles. The second kappa shape index (κ2) is 7.51. The van der Waals surface area contributed by atoms with Crippen molar-refractivity contribution in [1.82, 2.24) is 10.6 Å². The molecular formula is C12H22N2O3S. The number of carbonyl (C=O) groups excluding carboxylic acids is 1. The van der Waals surface area contributed by atoms with Crippen LogP contribution in [0.4, 0.5) is 4.79 Å². The van der Waals surface area contributed by atoms with Crippen molar-refractivity contribution < 1.29 is 14.7 Å². The lowest BCUT2D eigenvalue weighted by atomic mass is 9.95. The SMILES string of the molecule is CSC1CCCC(NC(=O)NCC(C)C(=O)O)C1. The molecule has 0 spiro atoms. The fourth-order valence-corrected chi connectivity index (χ4v) is 2.89. The van der Waals surface area contributed by atoms with Crippen LogP contribution in [0.1, 0.15) is 32.6 Å². The third kappa shape index (κ3) is 5.16. The Bertz CT molecular complexity index is 299. The molecule has 3 atom stereocenters. The Morgan fingerprint density at radius 2 is 2.17 bits per heavy atom. The number of rotatable bonds is 5. The van der Waals surface area contributed by atoms with Gasteiger partial charge in [-0.2, -0.15) is 11.8 Å². The minimum Gasteiger partial charge on any atom is -0.481 e. The van der Waals surface area contributed by atoms with Crippen LogP contribution in [0, 0.1) is 5.92 Å². The first-order valence-corrected chi connectivity index (χ1v) is 7.61. The predicted molar refractivity (Wildman–Crippen MR) is 72.9 cm³/mol. The van der Waals surface area contributed by atoms with Gasteiger partial charge in [0, 0.05) is 17.8 Å². The number of carboxylic acids is 1. The molecule has 0 radical (unpaired) electrons. The highest BCUT2D eigenvalue weighted by molar-refractivity contribution is 7.99. The summed E-state index contributed by atoms with van der Waals surface area (Å²) in [7, 11) is 0. The van der Waals surface area contributed by atoms with Gasteiger partial charge in [0.2, 0.25) is 0 Å². The van der Waals surface area contributed by atoms with E-state index in [4.69, 9.17) is 5.11 Å². The first-order chi connectivity index (χ1) is 8.52. The highest BCUT2D eigenvalue weighted by atomic mass is 32.2. The third-order valence-electron chi connectivity index (χ3n) is 3.29. The summed E-state index contributed by atoms with van der Waals surface area (Å²) in [5, 5.41) is 14.9. The molecule has 1 rings (SSSR count). The Hall–Kier alpha value is -0.910. The summed E-state index contributed by atoms with van der Waals surface area (Å²) < 4.78 is 0. The van der Waals surface area contributed by atoms with Gasteiger partial charge in [0.1, 0.15) is 0 Å². The summed E-state index contributed by atoms with van der Waals surface area (Å²) in [5.41, 5.74) is 0. The van der Waals surface area contributed by atoms with Crippen LogP contribution in [0.15, 0.2) is 0 Å². The van der Waals surface area contributed by atoms with E-state index >= 15 is 0 Å². The fraction of sp³-hybridized carbons (Fsp3) is 0.833. The van der Waals surface area contributed by atoms with Crippen LogP contribution in [0.25, 0.3) is 0 Å². The Labute approximate surface area is 112 Å². The maximum atomic E-state index is 11.6. The smallest absolute Gasteiger partial charge is 0.315 e. The molecule has 1 aliphatic rings. The molecule has 0 heterocycles. The van der Waals surface area contributed by atoms with Gasteiger partial charge in [0.25, 0.3) is 0 Å². The van der Waals surface area contributed by atoms with Crippen LogP contribution >= 0.6 is 11.8 Å². The van der Waals surface area contributed by atoms with Crippen molar-refractivity contribution in [2.75, 3.05) is 12.8 Å². The highest BCUT2D eigenvalue weighted by Gasteiger charge is 2.22. The van der Waals surface area contributed by atoms with Gasteiger partial charge in [-0.25, -0.2) is 4.79 Å². The molecule has 1 saturated carbocycles. The monoisotopic (exact) mass is 274 g/mol. The van der Waals surface area contributed by atoms with E-state index in [9.17, 15) is 9.59 Å². The van der Waals surface area contributed by atoms with E-state index in [-0.39, 0.29) is 18.6 Å². The first kappa shape index (κ1) is 15.1. The average Bonchev–Trinajstić information content (AvgIpc) is 2.36. The van der Waals surface area contributed by atoms with Crippen molar-refractivity contribution in [2.45, 2.75) is 43.9 Å². The standard InChI is InChI=1S/C12H22N2O3S/c1-8(11(15)16)7-13-12(17)14-9-4-3-5-10(6-9)18-2/h8-10H,3-7H2,1-2H3,(H,15,16)(H2,13,14,17). The maximum Gasteiger partial charge on any atom is 0.315 e. The molecule has 5 nitrogen and oxygen atoms in total. The number of hydrogen-bond donors (Lipinski definition) is 3. The predicted octanol–water partition coefficient (Wildman–Crippen LogP) is 1.68. The molecule has 2 amide bonds. The molecule has 0 bridgehead atoms. The molecule has 0 aromatic heterocycles. The van der Waals surface area contributed by atoms with Gasteiger partial charge < -0.3 is 15.7 Å². The van der Waals surface area contributed by atoms with Crippen molar-refractivity contribution >= 4 is 23.8 Å². The van der Waals surface area contributed by atoms with Crippen LogP contribution in [-0.4, -0.2) is 41.2 Å². The Balaban J connectivity index is 2.25. The van der Waals surface area contributed by atoms with Gasteiger partial charge >= 0.3 is 12.0 Å². The number of aliphatic carboxylic acids is 1. The Morgan fingerprint density at radius 1 is 1.44 bits per heavy atom. The summed E-state index contributed by atoms with van der Waals surface area (Å²) in [6, 6.07) is -0.0359. The summed E-state index contributed by atoms with van der Waals surface area (Å²) >= 11 is 1.85. The molecule has 6 heteroatoms. The molecule has 0 aromatic carbocycles. The van der Waals surface area contributed by atoms with Gasteiger partial charge in [-0.1, -0.05) is 13.3 Å². The molecule has 1 aliphatic carbocycles. The van der Waals surface area contributed by atoms with E-state index in [2.05, 4.69) is 16.9 Å². The second-order valence-electron chi connectivity index (χ2n) is 4.81. The number of thioether (sulfide) groups is 1. The molecule has 3 N–H and O–H groups in total. The number of urea groups is 1. The fourth-order valence-electron chi connectivity index (χ4n) is 2.06. The number of carbonyl (C=O) groups is 2. The number of nitrogens with one attached hydrogen (secondary N) is 2. The number of hydrogen-bond acceptors (Lipinski definition) is 3. The van der Waals surface area contributed by atoms with Crippen molar-refractivity contribution in [3.63, 3.8) is 0 Å². The van der Waals surface area contributed by atoms with Crippen molar-refractivity contribution in [1.29, 1.82) is 0 Å². The molecule has 1 fully saturated rings. The lowest BCUT2D eigenvalue weighted by molar-refractivity contribution is -0.140. The third-order valence-corrected chi connectivity index (χ3v) is 4.38. The number of amides is 2. The van der Waals surface area contributed by atoms with Crippen LogP contribution in [-0.2, 0) is 4.79 Å². The molecule has 0 aromatic rings. The lowest BCUT2D eigenvalue weighted by Gasteiger charge is -2.28. The van der Waals surface area contributed by atoms with Crippen LogP contribution in [0.5, 0.6) is 0 Å². The second-order valence-corrected chi connectivity index (χ2v) is 5.95. The van der Waals surface area contributed by atoms with Gasteiger partial charge in [-0.05, 0) is 25.5 Å². The van der Waals surface area contributed by atoms with Crippen LogP contribution in [0.2, 0.25) is 0 Å². The van der Waals surface area contributed by atoms with Crippen molar-refractivity contribution in [3.05, 3.63) is 0 Å². The van der Waals surface area contributed by atoms with Crippen molar-refractivity contribution in [2.24, 2.45) is 5.92 Å². The van der Waals surface area contributed by atoms with Gasteiger partial charge in [0.15, 0.2) is 0 Å². The normalized spacial score (nSPS) is 25.2. The average molecular weight is 274 g/mol. The molecule has 104 valence electrons. The molecular weight excluding hydrogens is 252 g/mol. The van der Waals surface area contributed by atoms with Gasteiger partial charge in [-0.15, -0.1) is 0 Å². The minimum absolute atomic E-state index is 0.167. The largest absolute Gasteiger partial charge is 0.481 e. The quantitative estimate of drug-likeness (QED) is 0.713. The molecule has 3 unspecified atom stereocenters. The summed E-state index contributed by atoms with van der Waals surface area (Å²) in [6.45, 7) is 1.74.